The molecule has 0 bridgehead atoms. The predicted molar refractivity (Wildman–Crippen MR) is 103 cm³/mol. The van der Waals surface area contributed by atoms with Crippen molar-refractivity contribution in [2.45, 2.75) is 11.8 Å². The summed E-state index contributed by atoms with van der Waals surface area (Å²) in [7, 11) is -3.79. The molecule has 0 radical (unpaired) electrons. The summed E-state index contributed by atoms with van der Waals surface area (Å²) in [6, 6.07) is 19.4. The Morgan fingerprint density at radius 1 is 0.962 bits per heavy atom. The van der Waals surface area contributed by atoms with Gasteiger partial charge in [0.25, 0.3) is 10.0 Å². The zero-order valence-corrected chi connectivity index (χ0v) is 14.8. The number of rotatable bonds is 5. The molecular weight excluding hydrogens is 350 g/mol. The molecule has 0 aromatic heterocycles. The predicted octanol–water partition coefficient (Wildman–Crippen LogP) is 3.11. The second-order valence-electron chi connectivity index (χ2n) is 5.63. The van der Waals surface area contributed by atoms with Crippen LogP contribution in [0.3, 0.4) is 0 Å². The molecule has 0 aliphatic rings. The van der Waals surface area contributed by atoms with Crippen LogP contribution >= 0.6 is 0 Å². The van der Waals surface area contributed by atoms with Crippen molar-refractivity contribution < 1.29 is 13.2 Å². The lowest BCUT2D eigenvalue weighted by molar-refractivity contribution is -0.114. The summed E-state index contributed by atoms with van der Waals surface area (Å²) < 4.78 is 24.6. The molecule has 0 aliphatic heterocycles. The normalized spacial score (nSPS) is 11.6. The number of sulfonamides is 1. The molecule has 3 aromatic rings. The van der Waals surface area contributed by atoms with Gasteiger partial charge in [0.1, 0.15) is 0 Å². The van der Waals surface area contributed by atoms with Crippen LogP contribution in [0.4, 0.5) is 5.69 Å². The molecule has 6 nitrogen and oxygen atoms in total. The number of benzene rings is 3. The Hall–Kier alpha value is -3.19. The van der Waals surface area contributed by atoms with Crippen LogP contribution in [0, 0.1) is 0 Å². The van der Waals surface area contributed by atoms with Gasteiger partial charge in [-0.2, -0.15) is 13.5 Å². The fourth-order valence-electron chi connectivity index (χ4n) is 2.50. The summed E-state index contributed by atoms with van der Waals surface area (Å²) in [6.45, 7) is 1.38. The summed E-state index contributed by atoms with van der Waals surface area (Å²) in [6.07, 6.45) is 1.48. The Kier molecular flexibility index (Phi) is 4.99. The van der Waals surface area contributed by atoms with Crippen LogP contribution in [0.25, 0.3) is 10.8 Å². The highest BCUT2D eigenvalue weighted by Gasteiger charge is 2.12. The van der Waals surface area contributed by atoms with Crippen LogP contribution < -0.4 is 10.1 Å². The van der Waals surface area contributed by atoms with E-state index in [1.54, 1.807) is 0 Å². The minimum absolute atomic E-state index is 0.0571. The molecule has 7 heteroatoms. The fourth-order valence-corrected chi connectivity index (χ4v) is 3.29. The van der Waals surface area contributed by atoms with Crippen LogP contribution in [-0.2, 0) is 14.8 Å². The number of hydrogen-bond acceptors (Lipinski definition) is 4. The van der Waals surface area contributed by atoms with Crippen molar-refractivity contribution in [2.75, 3.05) is 5.32 Å². The van der Waals surface area contributed by atoms with E-state index in [9.17, 15) is 13.2 Å². The van der Waals surface area contributed by atoms with E-state index in [-0.39, 0.29) is 10.8 Å². The number of amides is 1. The van der Waals surface area contributed by atoms with Gasteiger partial charge < -0.3 is 5.32 Å². The monoisotopic (exact) mass is 367 g/mol. The molecule has 1 amide bonds. The van der Waals surface area contributed by atoms with Gasteiger partial charge in [-0.15, -0.1) is 0 Å². The number of carbonyl (C=O) groups is 1. The number of hydrazone groups is 1. The Bertz CT molecular complexity index is 1070. The lowest BCUT2D eigenvalue weighted by Crippen LogP contribution is -2.18. The maximum absolute atomic E-state index is 12.3. The van der Waals surface area contributed by atoms with E-state index in [4.69, 9.17) is 0 Å². The lowest BCUT2D eigenvalue weighted by Gasteiger charge is -2.06. The maximum Gasteiger partial charge on any atom is 0.276 e. The Morgan fingerprint density at radius 3 is 2.38 bits per heavy atom. The van der Waals surface area contributed by atoms with Gasteiger partial charge in [0.15, 0.2) is 0 Å². The molecule has 26 heavy (non-hydrogen) atoms. The summed E-state index contributed by atoms with van der Waals surface area (Å²) in [5, 5.41) is 8.49. The zero-order valence-electron chi connectivity index (χ0n) is 14.0. The lowest BCUT2D eigenvalue weighted by atomic mass is 10.1. The van der Waals surface area contributed by atoms with Crippen molar-refractivity contribution in [1.82, 2.24) is 4.83 Å². The molecule has 0 unspecified atom stereocenters. The third-order valence-corrected chi connectivity index (χ3v) is 4.92. The molecule has 0 atom stereocenters. The molecule has 0 saturated carbocycles. The van der Waals surface area contributed by atoms with Gasteiger partial charge in [-0.05, 0) is 35.0 Å². The molecule has 2 N–H and O–H groups in total. The Balaban J connectivity index is 1.77. The van der Waals surface area contributed by atoms with E-state index in [1.807, 2.05) is 42.5 Å². The van der Waals surface area contributed by atoms with E-state index >= 15 is 0 Å². The van der Waals surface area contributed by atoms with Crippen molar-refractivity contribution in [2.24, 2.45) is 5.10 Å². The topological polar surface area (TPSA) is 87.6 Å². The van der Waals surface area contributed by atoms with Crippen molar-refractivity contribution in [3.63, 3.8) is 0 Å². The van der Waals surface area contributed by atoms with Crippen LogP contribution in [0.2, 0.25) is 0 Å². The third kappa shape index (κ3) is 4.07. The quantitative estimate of drug-likeness (QED) is 0.536. The largest absolute Gasteiger partial charge is 0.326 e. The summed E-state index contributed by atoms with van der Waals surface area (Å²) in [5.74, 6) is -0.224. The summed E-state index contributed by atoms with van der Waals surface area (Å²) in [5.41, 5.74) is 1.34. The minimum Gasteiger partial charge on any atom is -0.326 e. The van der Waals surface area contributed by atoms with Crippen LogP contribution in [0.5, 0.6) is 0 Å². The molecule has 3 rings (SSSR count). The third-order valence-electron chi connectivity index (χ3n) is 3.68. The van der Waals surface area contributed by atoms with Gasteiger partial charge in [-0.1, -0.05) is 42.5 Å². The van der Waals surface area contributed by atoms with Gasteiger partial charge in [0, 0.05) is 18.2 Å². The smallest absolute Gasteiger partial charge is 0.276 e. The van der Waals surface area contributed by atoms with Gasteiger partial charge in [0.2, 0.25) is 5.91 Å². The van der Waals surface area contributed by atoms with E-state index in [2.05, 4.69) is 15.2 Å². The average Bonchev–Trinajstić information content (AvgIpc) is 2.62. The minimum atomic E-state index is -3.79. The molecule has 0 saturated heterocycles. The molecule has 3 aromatic carbocycles. The molecular formula is C19H17N3O3S. The van der Waals surface area contributed by atoms with Crippen LogP contribution in [-0.4, -0.2) is 20.5 Å². The van der Waals surface area contributed by atoms with Crippen LogP contribution in [0.1, 0.15) is 12.5 Å². The standard InChI is InChI=1S/C19H17N3O3S/c1-14(23)21-17-9-11-18(12-10-17)26(24,25)22-20-13-16-7-4-6-15-5-2-3-8-19(15)16/h2-13,22H,1H3,(H,21,23)/b20-13+. The first-order chi connectivity index (χ1) is 12.5. The first-order valence-corrected chi connectivity index (χ1v) is 9.34. The number of nitrogens with one attached hydrogen (secondary N) is 2. The van der Waals surface area contributed by atoms with Crippen molar-refractivity contribution >= 4 is 38.6 Å². The first kappa shape index (κ1) is 17.6. The van der Waals surface area contributed by atoms with Gasteiger partial charge >= 0.3 is 0 Å². The van der Waals surface area contributed by atoms with E-state index in [1.165, 1.54) is 37.4 Å². The molecule has 0 spiro atoms. The highest BCUT2D eigenvalue weighted by atomic mass is 32.2. The number of carbonyl (C=O) groups excluding carboxylic acids is 1. The fraction of sp³-hybridized carbons (Fsp3) is 0.0526. The second-order valence-corrected chi connectivity index (χ2v) is 7.29. The van der Waals surface area contributed by atoms with E-state index < -0.39 is 10.0 Å². The maximum atomic E-state index is 12.3. The number of nitrogens with zero attached hydrogens (tertiary/aromatic N) is 1. The van der Waals surface area contributed by atoms with Gasteiger partial charge in [-0.25, -0.2) is 4.83 Å². The Morgan fingerprint density at radius 2 is 1.65 bits per heavy atom. The van der Waals surface area contributed by atoms with E-state index in [0.29, 0.717) is 5.69 Å². The van der Waals surface area contributed by atoms with Gasteiger partial charge in [-0.3, -0.25) is 4.79 Å². The number of anilines is 1. The van der Waals surface area contributed by atoms with Crippen molar-refractivity contribution in [3.8, 4) is 0 Å². The van der Waals surface area contributed by atoms with Crippen molar-refractivity contribution in [1.29, 1.82) is 0 Å². The molecule has 0 fully saturated rings. The summed E-state index contributed by atoms with van der Waals surface area (Å²) in [4.78, 5) is 13.3. The Labute approximate surface area is 151 Å². The number of fused-ring (bicyclic) bond motifs is 1. The molecule has 132 valence electrons. The highest BCUT2D eigenvalue weighted by molar-refractivity contribution is 7.89. The number of hydrogen-bond donors (Lipinski definition) is 2. The summed E-state index contributed by atoms with van der Waals surface area (Å²) >= 11 is 0. The SMILES string of the molecule is CC(=O)Nc1ccc(S(=O)(=O)N/N=C/c2cccc3ccccc23)cc1. The van der Waals surface area contributed by atoms with Crippen LogP contribution in [0.15, 0.2) is 76.7 Å². The highest BCUT2D eigenvalue weighted by Crippen LogP contribution is 2.17. The molecule has 0 aliphatic carbocycles. The second kappa shape index (κ2) is 7.37. The molecule has 0 heterocycles. The first-order valence-electron chi connectivity index (χ1n) is 7.86. The van der Waals surface area contributed by atoms with Crippen molar-refractivity contribution in [3.05, 3.63) is 72.3 Å². The van der Waals surface area contributed by atoms with Gasteiger partial charge in [0.05, 0.1) is 11.1 Å². The average molecular weight is 367 g/mol. The zero-order chi connectivity index (χ0) is 18.6. The van der Waals surface area contributed by atoms with E-state index in [0.717, 1.165) is 16.3 Å².